The second-order valence-corrected chi connectivity index (χ2v) is 7.85. The summed E-state index contributed by atoms with van der Waals surface area (Å²) in [6, 6.07) is 14.1. The molecule has 2 unspecified atom stereocenters. The standard InChI is InChI=1S/C25H26N4O3/c1-2-24(31)29-23(12-17-14-27-22-10-6-4-8-20(17)22)25(32)28-18(15-30)11-16-13-26-21-9-5-3-7-19(16)21/h3-10,13-15,18,23,26-27H,2,11-12H2,1H3,(H,28,32)(H,29,31). The van der Waals surface area contributed by atoms with Crippen molar-refractivity contribution in [1.82, 2.24) is 20.6 Å². The Hall–Kier alpha value is -3.87. The Morgan fingerprint density at radius 2 is 1.44 bits per heavy atom. The molecular weight excluding hydrogens is 404 g/mol. The predicted octanol–water partition coefficient (Wildman–Crippen LogP) is 3.01. The van der Waals surface area contributed by atoms with E-state index in [0.717, 1.165) is 39.2 Å². The van der Waals surface area contributed by atoms with Gasteiger partial charge < -0.3 is 25.4 Å². The highest BCUT2D eigenvalue weighted by molar-refractivity contribution is 5.91. The Morgan fingerprint density at radius 1 is 0.875 bits per heavy atom. The summed E-state index contributed by atoms with van der Waals surface area (Å²) >= 11 is 0. The summed E-state index contributed by atoms with van der Waals surface area (Å²) in [5, 5.41) is 7.63. The van der Waals surface area contributed by atoms with Crippen LogP contribution in [0.5, 0.6) is 0 Å². The molecule has 7 heteroatoms. The van der Waals surface area contributed by atoms with Gasteiger partial charge in [0, 0.05) is 53.5 Å². The van der Waals surface area contributed by atoms with Crippen LogP contribution in [0.15, 0.2) is 60.9 Å². The van der Waals surface area contributed by atoms with Gasteiger partial charge in [-0.3, -0.25) is 9.59 Å². The molecule has 2 aromatic heterocycles. The topological polar surface area (TPSA) is 107 Å². The number of carbonyl (C=O) groups excluding carboxylic acids is 3. The second-order valence-electron chi connectivity index (χ2n) is 7.85. The molecule has 0 radical (unpaired) electrons. The lowest BCUT2D eigenvalue weighted by Crippen LogP contribution is -2.51. The number of rotatable bonds is 9. The van der Waals surface area contributed by atoms with Crippen LogP contribution in [0.4, 0.5) is 0 Å². The van der Waals surface area contributed by atoms with Crippen LogP contribution in [0.25, 0.3) is 21.8 Å². The molecule has 0 aliphatic heterocycles. The van der Waals surface area contributed by atoms with Gasteiger partial charge in [0.1, 0.15) is 12.3 Å². The number of fused-ring (bicyclic) bond motifs is 2. The van der Waals surface area contributed by atoms with Crippen LogP contribution in [0.2, 0.25) is 0 Å². The second kappa shape index (κ2) is 9.51. The molecule has 4 N–H and O–H groups in total. The lowest BCUT2D eigenvalue weighted by Gasteiger charge is -2.21. The van der Waals surface area contributed by atoms with Crippen molar-refractivity contribution >= 4 is 39.9 Å². The van der Waals surface area contributed by atoms with Gasteiger partial charge in [0.2, 0.25) is 11.8 Å². The van der Waals surface area contributed by atoms with E-state index in [1.165, 1.54) is 0 Å². The van der Waals surface area contributed by atoms with E-state index >= 15 is 0 Å². The molecule has 164 valence electrons. The van der Waals surface area contributed by atoms with Crippen molar-refractivity contribution in [2.24, 2.45) is 0 Å². The molecule has 0 bridgehead atoms. The number of aromatic amines is 2. The van der Waals surface area contributed by atoms with Gasteiger partial charge in [-0.05, 0) is 23.3 Å². The summed E-state index contributed by atoms with van der Waals surface area (Å²) in [5.41, 5.74) is 3.82. The Kier molecular flexibility index (Phi) is 6.35. The van der Waals surface area contributed by atoms with Crippen molar-refractivity contribution in [1.29, 1.82) is 0 Å². The Morgan fingerprint density at radius 3 is 2.00 bits per heavy atom. The maximum Gasteiger partial charge on any atom is 0.243 e. The number of aldehydes is 1. The minimum absolute atomic E-state index is 0.218. The predicted molar refractivity (Wildman–Crippen MR) is 124 cm³/mol. The van der Waals surface area contributed by atoms with Crippen molar-refractivity contribution in [2.75, 3.05) is 0 Å². The zero-order chi connectivity index (χ0) is 22.5. The molecule has 2 heterocycles. The van der Waals surface area contributed by atoms with E-state index in [0.29, 0.717) is 12.8 Å². The first-order valence-corrected chi connectivity index (χ1v) is 10.7. The Bertz CT molecular complexity index is 1260. The average molecular weight is 431 g/mol. The van der Waals surface area contributed by atoms with E-state index in [9.17, 15) is 14.4 Å². The molecular formula is C25H26N4O3. The molecule has 0 saturated carbocycles. The molecule has 0 aliphatic rings. The summed E-state index contributed by atoms with van der Waals surface area (Å²) in [5.74, 6) is -0.599. The molecule has 4 rings (SSSR count). The largest absolute Gasteiger partial charge is 0.361 e. The highest BCUT2D eigenvalue weighted by atomic mass is 16.2. The summed E-state index contributed by atoms with van der Waals surface area (Å²) in [4.78, 5) is 43.4. The third-order valence-corrected chi connectivity index (χ3v) is 5.68. The number of hydrogen-bond acceptors (Lipinski definition) is 3. The van der Waals surface area contributed by atoms with E-state index in [4.69, 9.17) is 0 Å². The molecule has 0 aliphatic carbocycles. The molecule has 4 aromatic rings. The summed E-state index contributed by atoms with van der Waals surface area (Å²) in [6.45, 7) is 1.74. The van der Waals surface area contributed by atoms with Gasteiger partial charge in [-0.2, -0.15) is 0 Å². The fourth-order valence-corrected chi connectivity index (χ4v) is 3.98. The van der Waals surface area contributed by atoms with Gasteiger partial charge in [-0.1, -0.05) is 43.3 Å². The lowest BCUT2D eigenvalue weighted by atomic mass is 10.0. The number of H-pyrrole nitrogens is 2. The first-order valence-electron chi connectivity index (χ1n) is 10.7. The SMILES string of the molecule is CCC(=O)NC(Cc1c[nH]c2ccccc12)C(=O)NC(C=O)Cc1c[nH]c2ccccc12. The van der Waals surface area contributed by atoms with Crippen molar-refractivity contribution in [3.8, 4) is 0 Å². The van der Waals surface area contributed by atoms with Crippen LogP contribution < -0.4 is 10.6 Å². The molecule has 2 atom stereocenters. The van der Waals surface area contributed by atoms with E-state index < -0.39 is 12.1 Å². The number of amides is 2. The highest BCUT2D eigenvalue weighted by Crippen LogP contribution is 2.20. The van der Waals surface area contributed by atoms with Gasteiger partial charge in [-0.15, -0.1) is 0 Å². The first kappa shape index (κ1) is 21.4. The minimum atomic E-state index is -0.785. The zero-order valence-electron chi connectivity index (χ0n) is 17.9. The van der Waals surface area contributed by atoms with Crippen LogP contribution >= 0.6 is 0 Å². The van der Waals surface area contributed by atoms with E-state index in [-0.39, 0.29) is 18.2 Å². The van der Waals surface area contributed by atoms with E-state index in [1.54, 1.807) is 6.92 Å². The van der Waals surface area contributed by atoms with Crippen LogP contribution in [0.1, 0.15) is 24.5 Å². The van der Waals surface area contributed by atoms with Crippen molar-refractivity contribution in [2.45, 2.75) is 38.3 Å². The zero-order valence-corrected chi connectivity index (χ0v) is 17.9. The number of hydrogen-bond donors (Lipinski definition) is 4. The third kappa shape index (κ3) is 4.56. The van der Waals surface area contributed by atoms with Crippen LogP contribution in [0, 0.1) is 0 Å². The van der Waals surface area contributed by atoms with Crippen LogP contribution in [0.3, 0.4) is 0 Å². The fraction of sp³-hybridized carbons (Fsp3) is 0.240. The number of carbonyl (C=O) groups is 3. The van der Waals surface area contributed by atoms with Gasteiger partial charge in [0.25, 0.3) is 0 Å². The molecule has 0 saturated heterocycles. The van der Waals surface area contributed by atoms with Gasteiger partial charge in [0.15, 0.2) is 0 Å². The monoisotopic (exact) mass is 430 g/mol. The van der Waals surface area contributed by atoms with E-state index in [2.05, 4.69) is 20.6 Å². The Balaban J connectivity index is 1.51. The average Bonchev–Trinajstić information content (AvgIpc) is 3.42. The highest BCUT2D eigenvalue weighted by Gasteiger charge is 2.25. The van der Waals surface area contributed by atoms with Gasteiger partial charge in [0.05, 0.1) is 6.04 Å². The van der Waals surface area contributed by atoms with Crippen molar-refractivity contribution in [3.05, 3.63) is 72.1 Å². The maximum atomic E-state index is 13.1. The van der Waals surface area contributed by atoms with Crippen LogP contribution in [-0.4, -0.2) is 40.2 Å². The molecule has 0 spiro atoms. The Labute approximate surface area is 185 Å². The minimum Gasteiger partial charge on any atom is -0.361 e. The van der Waals surface area contributed by atoms with Gasteiger partial charge in [-0.25, -0.2) is 0 Å². The fourth-order valence-electron chi connectivity index (χ4n) is 3.98. The number of nitrogens with one attached hydrogen (secondary N) is 4. The number of aromatic nitrogens is 2. The van der Waals surface area contributed by atoms with E-state index in [1.807, 2.05) is 60.9 Å². The third-order valence-electron chi connectivity index (χ3n) is 5.68. The molecule has 2 amide bonds. The van der Waals surface area contributed by atoms with Crippen molar-refractivity contribution in [3.63, 3.8) is 0 Å². The first-order chi connectivity index (χ1) is 15.6. The number of benzene rings is 2. The van der Waals surface area contributed by atoms with Crippen LogP contribution in [-0.2, 0) is 27.2 Å². The number of para-hydroxylation sites is 2. The summed E-state index contributed by atoms with van der Waals surface area (Å²) in [7, 11) is 0. The van der Waals surface area contributed by atoms with Gasteiger partial charge >= 0.3 is 0 Å². The van der Waals surface area contributed by atoms with Crippen molar-refractivity contribution < 1.29 is 14.4 Å². The summed E-state index contributed by atoms with van der Waals surface area (Å²) in [6.07, 6.45) is 5.40. The normalized spacial score (nSPS) is 13.0. The maximum absolute atomic E-state index is 13.1. The summed E-state index contributed by atoms with van der Waals surface area (Å²) < 4.78 is 0. The smallest absolute Gasteiger partial charge is 0.243 e. The molecule has 7 nitrogen and oxygen atoms in total. The molecule has 32 heavy (non-hydrogen) atoms. The lowest BCUT2D eigenvalue weighted by molar-refractivity contribution is -0.130. The molecule has 0 fully saturated rings. The quantitative estimate of drug-likeness (QED) is 0.307. The molecule has 2 aromatic carbocycles.